The Bertz CT molecular complexity index is 2030. The first-order valence-electron chi connectivity index (χ1n) is 15.2. The summed E-state index contributed by atoms with van der Waals surface area (Å²) in [7, 11) is 0. The topological polar surface area (TPSA) is 7.12 Å². The Morgan fingerprint density at radius 1 is 0.667 bits per heavy atom. The van der Waals surface area contributed by atoms with Crippen LogP contribution in [0.1, 0.15) is 75.5 Å². The highest BCUT2D eigenvalue weighted by Gasteiger charge is 2.68. The summed E-state index contributed by atoms with van der Waals surface area (Å²) in [5, 5.41) is 0. The van der Waals surface area contributed by atoms with Crippen molar-refractivity contribution in [2.45, 2.75) is 58.7 Å². The van der Waals surface area contributed by atoms with Crippen LogP contribution < -0.4 is 9.47 Å². The van der Waals surface area contributed by atoms with E-state index in [2.05, 4.69) is 148 Å². The molecule has 0 radical (unpaired) electrons. The van der Waals surface area contributed by atoms with Gasteiger partial charge in [-0.05, 0) is 90.9 Å². The van der Waals surface area contributed by atoms with Crippen molar-refractivity contribution in [1.29, 1.82) is 0 Å². The number of hydrogen-bond acceptors (Lipinski definition) is 1. The van der Waals surface area contributed by atoms with Crippen LogP contribution in [0.25, 0.3) is 16.8 Å². The zero-order chi connectivity index (χ0) is 28.7. The van der Waals surface area contributed by atoms with Crippen LogP contribution >= 0.6 is 0 Å². The number of fused-ring (bicyclic) bond motifs is 16. The molecule has 4 aliphatic rings. The normalized spacial score (nSPS) is 21.5. The van der Waals surface area contributed by atoms with Gasteiger partial charge in [-0.1, -0.05) is 79.6 Å². The molecule has 5 aromatic rings. The molecule has 42 heavy (non-hydrogen) atoms. The number of hydrogen-bond donors (Lipinski definition) is 0. The van der Waals surface area contributed by atoms with Crippen LogP contribution in [0.2, 0.25) is 0 Å². The summed E-state index contributed by atoms with van der Waals surface area (Å²) in [6.45, 7) is 14.1. The van der Waals surface area contributed by atoms with E-state index in [0.29, 0.717) is 0 Å². The van der Waals surface area contributed by atoms with Gasteiger partial charge in [-0.2, -0.15) is 4.57 Å². The Kier molecular flexibility index (Phi) is 4.43. The summed E-state index contributed by atoms with van der Waals surface area (Å²) in [6.07, 6.45) is 2.31. The summed E-state index contributed by atoms with van der Waals surface area (Å²) in [5.74, 6) is 0. The molecule has 1 aliphatic carbocycles. The Morgan fingerprint density at radius 2 is 1.33 bits per heavy atom. The van der Waals surface area contributed by atoms with Crippen molar-refractivity contribution >= 4 is 11.3 Å². The van der Waals surface area contributed by atoms with Gasteiger partial charge in [0.05, 0.1) is 28.4 Å². The monoisotopic (exact) mass is 543 g/mol. The molecule has 204 valence electrons. The van der Waals surface area contributed by atoms with Crippen molar-refractivity contribution in [2.75, 3.05) is 4.90 Å². The van der Waals surface area contributed by atoms with E-state index in [1.54, 1.807) is 0 Å². The van der Waals surface area contributed by atoms with Gasteiger partial charge in [-0.3, -0.25) is 4.90 Å². The van der Waals surface area contributed by atoms with Gasteiger partial charge in [0.2, 0.25) is 5.69 Å². The maximum Gasteiger partial charge on any atom is 0.299 e. The molecule has 0 N–H and O–H groups in total. The molecule has 2 unspecified atom stereocenters. The molecule has 1 spiro atoms. The molecular weight excluding hydrogens is 508 g/mol. The number of rotatable bonds is 0. The van der Waals surface area contributed by atoms with Crippen molar-refractivity contribution in [2.24, 2.45) is 0 Å². The molecule has 2 atom stereocenters. The summed E-state index contributed by atoms with van der Waals surface area (Å²) in [6, 6.07) is 34.8. The Morgan fingerprint density at radius 3 is 2.14 bits per heavy atom. The van der Waals surface area contributed by atoms with Gasteiger partial charge in [0.15, 0.2) is 6.20 Å². The third-order valence-corrected chi connectivity index (χ3v) is 10.6. The standard InChI is InChI=1S/C40H35N2/c1-23-19-25(3)35-29(21-23)34-28-14-8-10-17-33(28)42-38(37(34)39(35,5)6)30-22-24(2)20-26(4)36(30)40(42)31-15-9-7-13-27(31)32-16-11-12-18-41(32)40/h7-22,38H,1-6H3/q+1. The van der Waals surface area contributed by atoms with Crippen LogP contribution in [0.3, 0.4) is 0 Å². The fourth-order valence-corrected chi connectivity index (χ4v) is 9.57. The Labute approximate surface area is 248 Å². The highest BCUT2D eigenvalue weighted by atomic mass is 15.4. The lowest BCUT2D eigenvalue weighted by Gasteiger charge is -2.44. The summed E-state index contributed by atoms with van der Waals surface area (Å²) in [4.78, 5) is 2.81. The second-order valence-corrected chi connectivity index (χ2v) is 13.4. The third kappa shape index (κ3) is 2.57. The van der Waals surface area contributed by atoms with Crippen molar-refractivity contribution in [3.05, 3.63) is 158 Å². The Hall–Kier alpha value is -4.43. The van der Waals surface area contributed by atoms with Crippen LogP contribution in [0.5, 0.6) is 0 Å². The smallest absolute Gasteiger partial charge is 0.292 e. The maximum absolute atomic E-state index is 2.81. The highest BCUT2D eigenvalue weighted by molar-refractivity contribution is 5.99. The van der Waals surface area contributed by atoms with Gasteiger partial charge in [0.25, 0.3) is 5.66 Å². The molecule has 2 nitrogen and oxygen atoms in total. The van der Waals surface area contributed by atoms with E-state index in [-0.39, 0.29) is 11.5 Å². The van der Waals surface area contributed by atoms with E-state index in [0.717, 1.165) is 0 Å². The van der Waals surface area contributed by atoms with E-state index >= 15 is 0 Å². The SMILES string of the molecule is Cc1cc(C)c2c(c1)C1=C(C3c4cc(C)cc(C)c4C4(c5ccccc5-c5cccc[n+]54)N3c3ccccc31)C2(C)C. The minimum absolute atomic E-state index is 0.109. The van der Waals surface area contributed by atoms with Crippen LogP contribution in [-0.2, 0) is 11.1 Å². The van der Waals surface area contributed by atoms with Crippen molar-refractivity contribution in [1.82, 2.24) is 0 Å². The number of aryl methyl sites for hydroxylation is 4. The highest BCUT2D eigenvalue weighted by Crippen LogP contribution is 2.67. The maximum atomic E-state index is 2.81. The molecule has 1 aromatic heterocycles. The molecular formula is C40H35N2+. The largest absolute Gasteiger partial charge is 0.299 e. The molecule has 4 heterocycles. The van der Waals surface area contributed by atoms with Crippen LogP contribution in [0.15, 0.2) is 103 Å². The van der Waals surface area contributed by atoms with E-state index < -0.39 is 5.66 Å². The quantitative estimate of drug-likeness (QED) is 0.177. The first-order valence-corrected chi connectivity index (χ1v) is 15.2. The molecule has 3 aliphatic heterocycles. The average Bonchev–Trinajstić information content (AvgIpc) is 3.52. The number of pyridine rings is 1. The summed E-state index contributed by atoms with van der Waals surface area (Å²) < 4.78 is 2.58. The summed E-state index contributed by atoms with van der Waals surface area (Å²) in [5.41, 5.74) is 20.2. The molecule has 2 heteroatoms. The second kappa shape index (κ2) is 7.69. The average molecular weight is 544 g/mol. The molecule has 0 saturated heterocycles. The van der Waals surface area contributed by atoms with Gasteiger partial charge in [-0.25, -0.2) is 0 Å². The lowest BCUT2D eigenvalue weighted by Crippen LogP contribution is -2.64. The number of para-hydroxylation sites is 1. The zero-order valence-corrected chi connectivity index (χ0v) is 25.2. The van der Waals surface area contributed by atoms with Crippen molar-refractivity contribution in [3.8, 4) is 11.3 Å². The molecule has 0 fully saturated rings. The van der Waals surface area contributed by atoms with Crippen LogP contribution in [0, 0.1) is 27.7 Å². The summed E-state index contributed by atoms with van der Waals surface area (Å²) >= 11 is 0. The predicted octanol–water partition coefficient (Wildman–Crippen LogP) is 8.61. The van der Waals surface area contributed by atoms with Gasteiger partial charge in [0, 0.05) is 23.1 Å². The minimum atomic E-state index is -0.491. The van der Waals surface area contributed by atoms with Crippen LogP contribution in [0.4, 0.5) is 5.69 Å². The van der Waals surface area contributed by atoms with Gasteiger partial charge in [0.1, 0.15) is 0 Å². The lowest BCUT2D eigenvalue weighted by atomic mass is 9.73. The predicted molar refractivity (Wildman–Crippen MR) is 171 cm³/mol. The van der Waals surface area contributed by atoms with Gasteiger partial charge >= 0.3 is 0 Å². The molecule has 4 aromatic carbocycles. The first-order chi connectivity index (χ1) is 20.3. The van der Waals surface area contributed by atoms with E-state index in [1.807, 2.05) is 0 Å². The zero-order valence-electron chi connectivity index (χ0n) is 25.2. The van der Waals surface area contributed by atoms with Crippen LogP contribution in [-0.4, -0.2) is 0 Å². The molecule has 9 rings (SSSR count). The number of anilines is 1. The van der Waals surface area contributed by atoms with Crippen molar-refractivity contribution in [3.63, 3.8) is 0 Å². The minimum Gasteiger partial charge on any atom is -0.292 e. The Balaban J connectivity index is 1.50. The van der Waals surface area contributed by atoms with Gasteiger partial charge < -0.3 is 0 Å². The molecule has 0 saturated carbocycles. The second-order valence-electron chi connectivity index (χ2n) is 13.4. The fraction of sp³-hybridized carbons (Fsp3) is 0.225. The van der Waals surface area contributed by atoms with E-state index in [4.69, 9.17) is 0 Å². The third-order valence-electron chi connectivity index (χ3n) is 10.6. The first kappa shape index (κ1) is 24.2. The van der Waals surface area contributed by atoms with Crippen molar-refractivity contribution < 1.29 is 4.57 Å². The molecule has 0 amide bonds. The number of benzene rings is 4. The van der Waals surface area contributed by atoms with Gasteiger partial charge in [-0.15, -0.1) is 0 Å². The molecule has 0 bridgehead atoms. The fourth-order valence-electron chi connectivity index (χ4n) is 9.57. The van der Waals surface area contributed by atoms with E-state index in [1.165, 1.54) is 83.7 Å². The van der Waals surface area contributed by atoms with E-state index in [9.17, 15) is 0 Å². The number of nitrogens with zero attached hydrogens (tertiary/aromatic N) is 2. The number of aromatic nitrogens is 1. The lowest BCUT2D eigenvalue weighted by molar-refractivity contribution is -0.727.